The first kappa shape index (κ1) is 14.0. The topological polar surface area (TPSA) is 54.0 Å². The third-order valence-electron chi connectivity index (χ3n) is 4.47. The first-order valence-corrected chi connectivity index (χ1v) is 8.13. The fraction of sp³-hybridized carbons (Fsp3) is 0.867. The highest BCUT2D eigenvalue weighted by Crippen LogP contribution is 2.23. The Labute approximate surface area is 121 Å². The van der Waals surface area contributed by atoms with Gasteiger partial charge in [0.05, 0.1) is 0 Å². The lowest BCUT2D eigenvalue weighted by Crippen LogP contribution is -2.30. The lowest BCUT2D eigenvalue weighted by atomic mass is 10.00. The normalized spacial score (nSPS) is 22.2. The van der Waals surface area contributed by atoms with Crippen molar-refractivity contribution >= 4 is 0 Å². The summed E-state index contributed by atoms with van der Waals surface area (Å²) in [5.74, 6) is 2.56. The first-order valence-electron chi connectivity index (χ1n) is 8.13. The van der Waals surface area contributed by atoms with E-state index in [1.54, 1.807) is 0 Å². The minimum atomic E-state index is 0.496. The van der Waals surface area contributed by atoms with E-state index >= 15 is 0 Å². The van der Waals surface area contributed by atoms with E-state index in [-0.39, 0.29) is 0 Å². The van der Waals surface area contributed by atoms with Crippen molar-refractivity contribution in [3.05, 3.63) is 11.6 Å². The standard InChI is InChI=1S/C15H26N4O/c1-2-8-19(9-3-1)10-4-5-14-16-15(18-17-14)13-6-11-20-12-7-13/h13H,1-12H2,(H,16,17,18). The van der Waals surface area contributed by atoms with Gasteiger partial charge in [0.15, 0.2) is 5.82 Å². The van der Waals surface area contributed by atoms with Crippen molar-refractivity contribution in [3.63, 3.8) is 0 Å². The molecule has 0 bridgehead atoms. The molecule has 5 nitrogen and oxygen atoms in total. The highest BCUT2D eigenvalue weighted by Gasteiger charge is 2.20. The van der Waals surface area contributed by atoms with Crippen molar-refractivity contribution in [1.29, 1.82) is 0 Å². The highest BCUT2D eigenvalue weighted by atomic mass is 16.5. The summed E-state index contributed by atoms with van der Waals surface area (Å²) >= 11 is 0. The molecule has 2 aliphatic rings. The van der Waals surface area contributed by atoms with Crippen LogP contribution in [0.5, 0.6) is 0 Å². The summed E-state index contributed by atoms with van der Waals surface area (Å²) in [5, 5.41) is 7.52. The van der Waals surface area contributed by atoms with Crippen LogP contribution in [-0.4, -0.2) is 52.9 Å². The van der Waals surface area contributed by atoms with Crippen LogP contribution in [0, 0.1) is 0 Å². The second-order valence-corrected chi connectivity index (χ2v) is 6.03. The van der Waals surface area contributed by atoms with Crippen LogP contribution in [0.15, 0.2) is 0 Å². The number of nitrogens with one attached hydrogen (secondary N) is 1. The number of nitrogens with zero attached hydrogens (tertiary/aromatic N) is 3. The fourth-order valence-corrected chi connectivity index (χ4v) is 3.21. The van der Waals surface area contributed by atoms with Crippen molar-refractivity contribution in [1.82, 2.24) is 20.1 Å². The molecule has 20 heavy (non-hydrogen) atoms. The molecule has 112 valence electrons. The molecular formula is C15H26N4O. The summed E-state index contributed by atoms with van der Waals surface area (Å²) < 4.78 is 5.39. The van der Waals surface area contributed by atoms with Crippen LogP contribution in [0.3, 0.4) is 0 Å². The van der Waals surface area contributed by atoms with E-state index in [0.29, 0.717) is 5.92 Å². The second-order valence-electron chi connectivity index (χ2n) is 6.03. The van der Waals surface area contributed by atoms with Gasteiger partial charge in [-0.2, -0.15) is 5.10 Å². The number of hydrogen-bond donors (Lipinski definition) is 1. The lowest BCUT2D eigenvalue weighted by Gasteiger charge is -2.26. The highest BCUT2D eigenvalue weighted by molar-refractivity contribution is 4.99. The second kappa shape index (κ2) is 7.18. The molecule has 2 aliphatic heterocycles. The van der Waals surface area contributed by atoms with E-state index in [9.17, 15) is 0 Å². The fourth-order valence-electron chi connectivity index (χ4n) is 3.21. The Morgan fingerprint density at radius 2 is 1.95 bits per heavy atom. The molecule has 2 fully saturated rings. The monoisotopic (exact) mass is 278 g/mol. The molecule has 0 spiro atoms. The molecule has 0 radical (unpaired) electrons. The van der Waals surface area contributed by atoms with E-state index in [1.807, 2.05) is 0 Å². The van der Waals surface area contributed by atoms with Crippen LogP contribution >= 0.6 is 0 Å². The molecule has 0 saturated carbocycles. The molecular weight excluding hydrogens is 252 g/mol. The van der Waals surface area contributed by atoms with E-state index in [4.69, 9.17) is 4.74 Å². The molecule has 3 rings (SSSR count). The Hall–Kier alpha value is -0.940. The Kier molecular flexibility index (Phi) is 5.03. The number of rotatable bonds is 5. The van der Waals surface area contributed by atoms with Gasteiger partial charge in [0.1, 0.15) is 5.82 Å². The van der Waals surface area contributed by atoms with Gasteiger partial charge >= 0.3 is 0 Å². The predicted molar refractivity (Wildman–Crippen MR) is 77.8 cm³/mol. The molecule has 0 aliphatic carbocycles. The van der Waals surface area contributed by atoms with E-state index in [2.05, 4.69) is 20.1 Å². The number of hydrogen-bond acceptors (Lipinski definition) is 4. The van der Waals surface area contributed by atoms with Crippen molar-refractivity contribution in [3.8, 4) is 0 Å². The molecule has 5 heteroatoms. The Balaban J connectivity index is 1.42. The summed E-state index contributed by atoms with van der Waals surface area (Å²) in [5.41, 5.74) is 0. The molecule has 0 aromatic carbocycles. The van der Waals surface area contributed by atoms with Gasteiger partial charge in [-0.05, 0) is 51.7 Å². The predicted octanol–water partition coefficient (Wildman–Crippen LogP) is 2.12. The molecule has 1 aromatic rings. The van der Waals surface area contributed by atoms with Crippen LogP contribution in [0.4, 0.5) is 0 Å². The SMILES string of the molecule is C1CCN(CCCc2nc(C3CCOCC3)n[nH]2)CC1. The summed E-state index contributed by atoms with van der Waals surface area (Å²) in [7, 11) is 0. The Bertz CT molecular complexity index is 394. The van der Waals surface area contributed by atoms with Gasteiger partial charge in [0.25, 0.3) is 0 Å². The molecule has 1 N–H and O–H groups in total. The number of H-pyrrole nitrogens is 1. The zero-order chi connectivity index (χ0) is 13.6. The molecule has 3 heterocycles. The number of piperidine rings is 1. The van der Waals surface area contributed by atoms with Crippen LogP contribution in [0.1, 0.15) is 56.1 Å². The summed E-state index contributed by atoms with van der Waals surface area (Å²) in [4.78, 5) is 7.26. The van der Waals surface area contributed by atoms with E-state index < -0.39 is 0 Å². The Morgan fingerprint density at radius 1 is 1.15 bits per heavy atom. The van der Waals surface area contributed by atoms with Crippen LogP contribution in [0.25, 0.3) is 0 Å². The molecule has 0 atom stereocenters. The molecule has 0 amide bonds. The van der Waals surface area contributed by atoms with Crippen molar-refractivity contribution in [2.75, 3.05) is 32.8 Å². The van der Waals surface area contributed by atoms with Gasteiger partial charge in [-0.1, -0.05) is 6.42 Å². The summed E-state index contributed by atoms with van der Waals surface area (Å²) in [6.07, 6.45) is 8.48. The minimum absolute atomic E-state index is 0.496. The van der Waals surface area contributed by atoms with Crippen molar-refractivity contribution in [2.24, 2.45) is 0 Å². The number of likely N-dealkylation sites (tertiary alicyclic amines) is 1. The van der Waals surface area contributed by atoms with Crippen LogP contribution in [-0.2, 0) is 11.2 Å². The third-order valence-corrected chi connectivity index (χ3v) is 4.47. The van der Waals surface area contributed by atoms with E-state index in [0.717, 1.165) is 44.1 Å². The number of aromatic amines is 1. The van der Waals surface area contributed by atoms with Gasteiger partial charge in [-0.15, -0.1) is 0 Å². The van der Waals surface area contributed by atoms with E-state index in [1.165, 1.54) is 45.3 Å². The zero-order valence-corrected chi connectivity index (χ0v) is 12.3. The Morgan fingerprint density at radius 3 is 2.75 bits per heavy atom. The largest absolute Gasteiger partial charge is 0.381 e. The van der Waals surface area contributed by atoms with Gasteiger partial charge in [-0.3, -0.25) is 5.10 Å². The minimum Gasteiger partial charge on any atom is -0.381 e. The molecule has 0 unspecified atom stereocenters. The van der Waals surface area contributed by atoms with Gasteiger partial charge in [0, 0.05) is 25.6 Å². The van der Waals surface area contributed by atoms with Crippen LogP contribution < -0.4 is 0 Å². The maximum atomic E-state index is 5.39. The average Bonchev–Trinajstić information content (AvgIpc) is 2.98. The molecule has 1 aromatic heterocycles. The van der Waals surface area contributed by atoms with Crippen LogP contribution in [0.2, 0.25) is 0 Å². The van der Waals surface area contributed by atoms with Crippen molar-refractivity contribution in [2.45, 2.75) is 50.9 Å². The van der Waals surface area contributed by atoms with Gasteiger partial charge in [0.2, 0.25) is 0 Å². The number of aryl methyl sites for hydroxylation is 1. The van der Waals surface area contributed by atoms with Crippen molar-refractivity contribution < 1.29 is 4.74 Å². The van der Waals surface area contributed by atoms with Gasteiger partial charge in [-0.25, -0.2) is 4.98 Å². The lowest BCUT2D eigenvalue weighted by molar-refractivity contribution is 0.0836. The smallest absolute Gasteiger partial charge is 0.153 e. The third kappa shape index (κ3) is 3.79. The maximum Gasteiger partial charge on any atom is 0.153 e. The average molecular weight is 278 g/mol. The quantitative estimate of drug-likeness (QED) is 0.896. The molecule has 2 saturated heterocycles. The number of ether oxygens (including phenoxy) is 1. The number of aromatic nitrogens is 3. The first-order chi connectivity index (χ1) is 9.92. The summed E-state index contributed by atoms with van der Waals surface area (Å²) in [6, 6.07) is 0. The summed E-state index contributed by atoms with van der Waals surface area (Å²) in [6.45, 7) is 5.47. The van der Waals surface area contributed by atoms with Gasteiger partial charge < -0.3 is 9.64 Å². The maximum absolute atomic E-state index is 5.39. The zero-order valence-electron chi connectivity index (χ0n) is 12.3.